The Labute approximate surface area is 209 Å². The van der Waals surface area contributed by atoms with E-state index in [9.17, 15) is 18.4 Å². The van der Waals surface area contributed by atoms with Crippen molar-refractivity contribution in [2.45, 2.75) is 30.1 Å². The molecule has 182 valence electrons. The molecule has 6 nitrogen and oxygen atoms in total. The third kappa shape index (κ3) is 5.36. The lowest BCUT2D eigenvalue weighted by Crippen LogP contribution is -2.30. The molecule has 0 amide bonds. The fraction of sp³-hybridized carbons (Fsp3) is 0.231. The van der Waals surface area contributed by atoms with Crippen LogP contribution in [-0.4, -0.2) is 40.0 Å². The quantitative estimate of drug-likeness (QED) is 0.263. The van der Waals surface area contributed by atoms with Crippen molar-refractivity contribution in [3.05, 3.63) is 66.5 Å². The van der Waals surface area contributed by atoms with Crippen LogP contribution < -0.4 is 9.64 Å². The number of aromatic nitrogens is 3. The van der Waals surface area contributed by atoms with E-state index in [0.717, 1.165) is 44.9 Å². The molecule has 10 heteroatoms. The monoisotopic (exact) mass is 507 g/mol. The maximum atomic E-state index is 13.5. The molecule has 0 spiro atoms. The Bertz CT molecular complexity index is 1450. The second-order valence-corrected chi connectivity index (χ2v) is 9.17. The van der Waals surface area contributed by atoms with Crippen molar-refractivity contribution < 1.29 is 17.9 Å². The average molecular weight is 508 g/mol. The highest BCUT2D eigenvalue weighted by molar-refractivity contribution is 7.98. The van der Waals surface area contributed by atoms with Crippen LogP contribution in [-0.2, 0) is 0 Å². The molecule has 2 aromatic carbocycles. The maximum Gasteiger partial charge on any atom is 0.406 e. The summed E-state index contributed by atoms with van der Waals surface area (Å²) >= 11 is 1.51. The Kier molecular flexibility index (Phi) is 6.41. The predicted octanol–water partition coefficient (Wildman–Crippen LogP) is 6.53. The highest BCUT2D eigenvalue weighted by Gasteiger charge is 2.32. The molecular formula is C26H20F3N5OS. The number of anilines is 2. The second kappa shape index (κ2) is 9.66. The number of fused-ring (bicyclic) bond motifs is 1. The largest absolute Gasteiger partial charge is 0.473 e. The molecule has 1 aliphatic carbocycles. The summed E-state index contributed by atoms with van der Waals surface area (Å²) in [6.45, 7) is -1.23. The number of rotatable bonds is 7. The van der Waals surface area contributed by atoms with Crippen LogP contribution >= 0.6 is 11.8 Å². The summed E-state index contributed by atoms with van der Waals surface area (Å²) in [4.78, 5) is 14.2. The Morgan fingerprint density at radius 3 is 2.42 bits per heavy atom. The molecule has 0 N–H and O–H groups in total. The van der Waals surface area contributed by atoms with Gasteiger partial charge in [-0.15, -0.1) is 11.8 Å². The van der Waals surface area contributed by atoms with Gasteiger partial charge in [0.15, 0.2) is 0 Å². The molecule has 5 rings (SSSR count). The summed E-state index contributed by atoms with van der Waals surface area (Å²) in [5.74, 6) is 0.148. The summed E-state index contributed by atoms with van der Waals surface area (Å²) in [7, 11) is 0. The normalized spacial score (nSPS) is 13.4. The Hall–Kier alpha value is -3.84. The number of benzene rings is 2. The van der Waals surface area contributed by atoms with Crippen LogP contribution in [0, 0.1) is 11.3 Å². The summed E-state index contributed by atoms with van der Waals surface area (Å²) in [6, 6.07) is 15.8. The first kappa shape index (κ1) is 23.9. The van der Waals surface area contributed by atoms with Gasteiger partial charge in [0.25, 0.3) is 0 Å². The van der Waals surface area contributed by atoms with E-state index in [1.54, 1.807) is 30.5 Å². The lowest BCUT2D eigenvalue weighted by atomic mass is 10.0. The zero-order valence-corrected chi connectivity index (χ0v) is 20.0. The molecule has 0 bridgehead atoms. The Balaban J connectivity index is 1.46. The highest BCUT2D eigenvalue weighted by Crippen LogP contribution is 2.35. The molecular weight excluding hydrogens is 487 g/mol. The van der Waals surface area contributed by atoms with Crippen LogP contribution in [0.2, 0.25) is 0 Å². The third-order valence-electron chi connectivity index (χ3n) is 5.65. The number of nitrogens with zero attached hydrogens (tertiary/aromatic N) is 5. The van der Waals surface area contributed by atoms with Gasteiger partial charge in [0.2, 0.25) is 5.88 Å². The van der Waals surface area contributed by atoms with E-state index in [1.807, 2.05) is 30.5 Å². The van der Waals surface area contributed by atoms with Gasteiger partial charge in [-0.25, -0.2) is 9.97 Å². The van der Waals surface area contributed by atoms with Crippen LogP contribution in [0.3, 0.4) is 0 Å². The van der Waals surface area contributed by atoms with Gasteiger partial charge >= 0.3 is 6.18 Å². The molecule has 0 saturated heterocycles. The van der Waals surface area contributed by atoms with Gasteiger partial charge in [0.05, 0.1) is 29.1 Å². The standard InChI is InChI=1S/C26H20F3N5OS/c1-36-24-14-31-23-11-17(4-9-22(23)33-24)16-2-5-19(6-3-16)34(15-26(27,28)29)20-10-18(12-30)25(32-13-20)35-21-7-8-21/h2-6,9-11,13-14,21H,7-8,15H2,1H3. The van der Waals surface area contributed by atoms with Crippen molar-refractivity contribution in [2.24, 2.45) is 0 Å². The maximum absolute atomic E-state index is 13.5. The molecule has 1 fully saturated rings. The van der Waals surface area contributed by atoms with Crippen molar-refractivity contribution in [3.63, 3.8) is 0 Å². The van der Waals surface area contributed by atoms with E-state index < -0.39 is 12.7 Å². The summed E-state index contributed by atoms with van der Waals surface area (Å²) in [6.07, 6.45) is 2.25. The van der Waals surface area contributed by atoms with Gasteiger partial charge in [-0.1, -0.05) is 18.2 Å². The zero-order chi connectivity index (χ0) is 25.3. The average Bonchev–Trinajstić information content (AvgIpc) is 3.70. The smallest absolute Gasteiger partial charge is 0.406 e. The second-order valence-electron chi connectivity index (χ2n) is 8.34. The van der Waals surface area contributed by atoms with Crippen LogP contribution in [0.1, 0.15) is 18.4 Å². The fourth-order valence-corrected chi connectivity index (χ4v) is 4.07. The van der Waals surface area contributed by atoms with Gasteiger partial charge in [-0.2, -0.15) is 18.4 Å². The van der Waals surface area contributed by atoms with Gasteiger partial charge in [-0.05, 0) is 60.6 Å². The minimum atomic E-state index is -4.47. The summed E-state index contributed by atoms with van der Waals surface area (Å²) in [5.41, 5.74) is 3.79. The first-order valence-corrected chi connectivity index (χ1v) is 12.4. The molecule has 2 heterocycles. The lowest BCUT2D eigenvalue weighted by molar-refractivity contribution is -0.118. The van der Waals surface area contributed by atoms with Crippen molar-refractivity contribution in [1.29, 1.82) is 5.26 Å². The highest BCUT2D eigenvalue weighted by atomic mass is 32.2. The molecule has 36 heavy (non-hydrogen) atoms. The van der Waals surface area contributed by atoms with Crippen molar-refractivity contribution in [2.75, 3.05) is 17.7 Å². The molecule has 0 aliphatic heterocycles. The van der Waals surface area contributed by atoms with Crippen molar-refractivity contribution in [3.8, 4) is 23.1 Å². The number of hydrogen-bond donors (Lipinski definition) is 0. The molecule has 0 radical (unpaired) electrons. The minimum Gasteiger partial charge on any atom is -0.473 e. The molecule has 0 atom stereocenters. The Morgan fingerprint density at radius 2 is 1.75 bits per heavy atom. The van der Waals surface area contributed by atoms with E-state index in [-0.39, 0.29) is 23.2 Å². The lowest BCUT2D eigenvalue weighted by Gasteiger charge is -2.26. The summed E-state index contributed by atoms with van der Waals surface area (Å²) < 4.78 is 46.1. The molecule has 2 aromatic heterocycles. The van der Waals surface area contributed by atoms with E-state index >= 15 is 0 Å². The van der Waals surface area contributed by atoms with Crippen LogP contribution in [0.25, 0.3) is 22.2 Å². The zero-order valence-electron chi connectivity index (χ0n) is 19.2. The Morgan fingerprint density at radius 1 is 1.00 bits per heavy atom. The van der Waals surface area contributed by atoms with E-state index in [0.29, 0.717) is 5.69 Å². The van der Waals surface area contributed by atoms with E-state index in [2.05, 4.69) is 15.0 Å². The van der Waals surface area contributed by atoms with Crippen LogP contribution in [0.5, 0.6) is 5.88 Å². The van der Waals surface area contributed by atoms with Crippen LogP contribution in [0.15, 0.2) is 66.0 Å². The van der Waals surface area contributed by atoms with E-state index in [4.69, 9.17) is 4.74 Å². The van der Waals surface area contributed by atoms with Crippen LogP contribution in [0.4, 0.5) is 24.5 Å². The van der Waals surface area contributed by atoms with Crippen molar-refractivity contribution >= 4 is 34.2 Å². The fourth-order valence-electron chi connectivity index (χ4n) is 3.72. The number of pyridine rings is 1. The number of thioether (sulfide) groups is 1. The molecule has 4 aromatic rings. The number of hydrogen-bond acceptors (Lipinski definition) is 7. The van der Waals surface area contributed by atoms with Gasteiger partial charge in [0, 0.05) is 5.69 Å². The minimum absolute atomic E-state index is 0.0166. The van der Waals surface area contributed by atoms with Gasteiger partial charge in [0.1, 0.15) is 29.3 Å². The SMILES string of the molecule is CSc1cnc2cc(-c3ccc(N(CC(F)(F)F)c4cnc(OC5CC5)c(C#N)c4)cc3)ccc2n1. The van der Waals surface area contributed by atoms with E-state index in [1.165, 1.54) is 24.0 Å². The number of ether oxygens (including phenoxy) is 1. The predicted molar refractivity (Wildman–Crippen MR) is 132 cm³/mol. The summed E-state index contributed by atoms with van der Waals surface area (Å²) in [5, 5.41) is 10.3. The molecule has 1 saturated carbocycles. The molecule has 0 unspecified atom stereocenters. The molecule has 1 aliphatic rings. The van der Waals surface area contributed by atoms with Gasteiger partial charge < -0.3 is 9.64 Å². The number of halogens is 3. The van der Waals surface area contributed by atoms with Crippen molar-refractivity contribution in [1.82, 2.24) is 15.0 Å². The number of nitriles is 1. The first-order chi connectivity index (χ1) is 17.3. The number of alkyl halides is 3. The first-order valence-electron chi connectivity index (χ1n) is 11.2. The third-order valence-corrected chi connectivity index (χ3v) is 6.27. The topological polar surface area (TPSA) is 74.9 Å². The van der Waals surface area contributed by atoms with Gasteiger partial charge in [-0.3, -0.25) is 4.98 Å².